The number of hydrogen-bond acceptors (Lipinski definition) is 7. The fraction of sp³-hybridized carbons (Fsp3) is 0.294. The zero-order chi connectivity index (χ0) is 19.1. The van der Waals surface area contributed by atoms with Gasteiger partial charge in [-0.15, -0.1) is 0 Å². The molecule has 0 saturated heterocycles. The number of anilines is 1. The molecule has 0 atom stereocenters. The van der Waals surface area contributed by atoms with Crippen LogP contribution in [0.25, 0.3) is 0 Å². The third-order valence-electron chi connectivity index (χ3n) is 3.47. The highest BCUT2D eigenvalue weighted by Gasteiger charge is 2.16. The Morgan fingerprint density at radius 3 is 2.42 bits per heavy atom. The molecule has 2 aromatic rings. The van der Waals surface area contributed by atoms with Gasteiger partial charge in [-0.1, -0.05) is 5.16 Å². The predicted molar refractivity (Wildman–Crippen MR) is 90.8 cm³/mol. The number of aryl methyl sites for hydroxylation is 2. The summed E-state index contributed by atoms with van der Waals surface area (Å²) in [7, 11) is 1.53. The van der Waals surface area contributed by atoms with Crippen LogP contribution in [-0.2, 0) is 20.7 Å². The van der Waals surface area contributed by atoms with Gasteiger partial charge in [0.05, 0.1) is 19.2 Å². The van der Waals surface area contributed by atoms with Crippen molar-refractivity contribution in [3.63, 3.8) is 0 Å². The van der Waals surface area contributed by atoms with Gasteiger partial charge in [0, 0.05) is 11.3 Å². The van der Waals surface area contributed by atoms with Gasteiger partial charge >= 0.3 is 12.0 Å². The van der Waals surface area contributed by atoms with E-state index < -0.39 is 24.5 Å². The van der Waals surface area contributed by atoms with E-state index in [2.05, 4.69) is 15.8 Å². The van der Waals surface area contributed by atoms with Gasteiger partial charge in [0.1, 0.15) is 11.5 Å². The summed E-state index contributed by atoms with van der Waals surface area (Å²) >= 11 is 0. The second kappa shape index (κ2) is 8.65. The number of methoxy groups -OCH3 is 1. The number of carbonyl (C=O) groups excluding carboxylic acids is 3. The second-order valence-corrected chi connectivity index (χ2v) is 5.37. The van der Waals surface area contributed by atoms with E-state index in [0.717, 1.165) is 0 Å². The highest BCUT2D eigenvalue weighted by Crippen LogP contribution is 2.15. The zero-order valence-electron chi connectivity index (χ0n) is 14.6. The summed E-state index contributed by atoms with van der Waals surface area (Å²) in [5.74, 6) is -0.215. The second-order valence-electron chi connectivity index (χ2n) is 5.37. The molecule has 9 nitrogen and oxygen atoms in total. The molecule has 3 amide bonds. The lowest BCUT2D eigenvalue weighted by atomic mass is 10.1. The number of esters is 1. The smallest absolute Gasteiger partial charge is 0.325 e. The summed E-state index contributed by atoms with van der Waals surface area (Å²) in [6, 6.07) is 5.82. The van der Waals surface area contributed by atoms with E-state index in [0.29, 0.717) is 28.5 Å². The van der Waals surface area contributed by atoms with Gasteiger partial charge in [0.15, 0.2) is 6.61 Å². The van der Waals surface area contributed by atoms with Gasteiger partial charge < -0.3 is 19.3 Å². The average molecular weight is 361 g/mol. The van der Waals surface area contributed by atoms with E-state index >= 15 is 0 Å². The Labute approximate surface area is 149 Å². The maximum atomic E-state index is 11.8. The normalized spacial score (nSPS) is 10.1. The van der Waals surface area contributed by atoms with Crippen molar-refractivity contribution < 1.29 is 28.4 Å². The first-order chi connectivity index (χ1) is 12.4. The highest BCUT2D eigenvalue weighted by molar-refractivity contribution is 6.01. The minimum atomic E-state index is -0.747. The van der Waals surface area contributed by atoms with Crippen molar-refractivity contribution in [1.82, 2.24) is 10.5 Å². The van der Waals surface area contributed by atoms with Crippen LogP contribution >= 0.6 is 0 Å². The summed E-state index contributed by atoms with van der Waals surface area (Å²) in [4.78, 5) is 35.2. The van der Waals surface area contributed by atoms with E-state index in [-0.39, 0.29) is 6.42 Å². The Morgan fingerprint density at radius 2 is 1.85 bits per heavy atom. The fourth-order valence-corrected chi connectivity index (χ4v) is 2.10. The quantitative estimate of drug-likeness (QED) is 0.752. The fourth-order valence-electron chi connectivity index (χ4n) is 2.10. The van der Waals surface area contributed by atoms with Crippen molar-refractivity contribution >= 4 is 23.6 Å². The summed E-state index contributed by atoms with van der Waals surface area (Å²) in [5, 5.41) is 8.27. The Bertz CT molecular complexity index is 778. The minimum Gasteiger partial charge on any atom is -0.497 e. The molecule has 26 heavy (non-hydrogen) atoms. The summed E-state index contributed by atoms with van der Waals surface area (Å²) < 4.78 is 14.8. The van der Waals surface area contributed by atoms with Crippen LogP contribution in [-0.4, -0.2) is 36.8 Å². The maximum Gasteiger partial charge on any atom is 0.325 e. The first-order valence-electron chi connectivity index (χ1n) is 7.71. The number of nitrogens with one attached hydrogen (secondary N) is 2. The van der Waals surface area contributed by atoms with Crippen LogP contribution in [0.4, 0.5) is 10.5 Å². The van der Waals surface area contributed by atoms with Crippen molar-refractivity contribution in [2.45, 2.75) is 20.3 Å². The summed E-state index contributed by atoms with van der Waals surface area (Å²) in [6.45, 7) is 2.81. The lowest BCUT2D eigenvalue weighted by molar-refractivity contribution is -0.147. The molecule has 0 spiro atoms. The maximum absolute atomic E-state index is 11.8. The molecule has 0 aliphatic heterocycles. The van der Waals surface area contributed by atoms with E-state index in [1.807, 2.05) is 0 Å². The molecule has 1 aromatic carbocycles. The Balaban J connectivity index is 1.75. The number of nitrogens with zero attached hydrogens (tertiary/aromatic N) is 1. The first kappa shape index (κ1) is 19.0. The average Bonchev–Trinajstić information content (AvgIpc) is 2.92. The van der Waals surface area contributed by atoms with E-state index in [4.69, 9.17) is 14.0 Å². The number of aromatic nitrogens is 1. The molecule has 0 aliphatic rings. The monoisotopic (exact) mass is 361 g/mol. The number of amides is 3. The molecule has 1 aromatic heterocycles. The lowest BCUT2D eigenvalue weighted by Gasteiger charge is -2.08. The Morgan fingerprint density at radius 1 is 1.15 bits per heavy atom. The van der Waals surface area contributed by atoms with Crippen molar-refractivity contribution in [2.24, 2.45) is 0 Å². The van der Waals surface area contributed by atoms with Gasteiger partial charge in [0.25, 0.3) is 5.91 Å². The standard InChI is InChI=1S/C17H19N3O6/c1-10-14(11(2)26-20-10)8-16(22)25-9-15(21)19-17(23)18-12-4-6-13(24-3)7-5-12/h4-7H,8-9H2,1-3H3,(H2,18,19,21,23). The molecular formula is C17H19N3O6. The van der Waals surface area contributed by atoms with Gasteiger partial charge in [-0.3, -0.25) is 14.9 Å². The molecule has 0 saturated carbocycles. The predicted octanol–water partition coefficient (Wildman–Crippen LogP) is 1.73. The van der Waals surface area contributed by atoms with Crippen LogP contribution in [0.1, 0.15) is 17.0 Å². The Hall–Kier alpha value is -3.36. The number of ether oxygens (including phenoxy) is 2. The molecule has 0 radical (unpaired) electrons. The van der Waals surface area contributed by atoms with E-state index in [1.54, 1.807) is 38.1 Å². The third kappa shape index (κ3) is 5.33. The lowest BCUT2D eigenvalue weighted by Crippen LogP contribution is -2.37. The van der Waals surface area contributed by atoms with E-state index in [9.17, 15) is 14.4 Å². The topological polar surface area (TPSA) is 120 Å². The molecule has 138 valence electrons. The zero-order valence-corrected chi connectivity index (χ0v) is 14.6. The molecule has 2 rings (SSSR count). The molecule has 0 fully saturated rings. The molecule has 0 bridgehead atoms. The summed E-state index contributed by atoms with van der Waals surface area (Å²) in [6.07, 6.45) is -0.0630. The van der Waals surface area contributed by atoms with Crippen LogP contribution in [0.3, 0.4) is 0 Å². The number of imide groups is 1. The van der Waals surface area contributed by atoms with E-state index in [1.165, 1.54) is 7.11 Å². The van der Waals surface area contributed by atoms with Crippen molar-refractivity contribution in [2.75, 3.05) is 19.0 Å². The minimum absolute atomic E-state index is 0.0630. The van der Waals surface area contributed by atoms with Crippen molar-refractivity contribution in [3.05, 3.63) is 41.3 Å². The summed E-state index contributed by atoms with van der Waals surface area (Å²) in [5.41, 5.74) is 1.68. The van der Waals surface area contributed by atoms with Crippen LogP contribution in [0.15, 0.2) is 28.8 Å². The molecule has 9 heteroatoms. The van der Waals surface area contributed by atoms with Crippen LogP contribution in [0.5, 0.6) is 5.75 Å². The number of benzene rings is 1. The molecule has 0 unspecified atom stereocenters. The van der Waals surface area contributed by atoms with Crippen LogP contribution in [0, 0.1) is 13.8 Å². The molecule has 1 heterocycles. The van der Waals surface area contributed by atoms with Crippen LogP contribution in [0.2, 0.25) is 0 Å². The number of carbonyl (C=O) groups is 3. The largest absolute Gasteiger partial charge is 0.497 e. The first-order valence-corrected chi connectivity index (χ1v) is 7.71. The van der Waals surface area contributed by atoms with Crippen molar-refractivity contribution in [3.8, 4) is 5.75 Å². The van der Waals surface area contributed by atoms with Crippen LogP contribution < -0.4 is 15.4 Å². The molecular weight excluding hydrogens is 342 g/mol. The van der Waals surface area contributed by atoms with Gasteiger partial charge in [-0.05, 0) is 38.1 Å². The third-order valence-corrected chi connectivity index (χ3v) is 3.47. The van der Waals surface area contributed by atoms with Crippen molar-refractivity contribution in [1.29, 1.82) is 0 Å². The number of hydrogen-bond donors (Lipinski definition) is 2. The molecule has 2 N–H and O–H groups in total. The SMILES string of the molecule is COc1ccc(NC(=O)NC(=O)COC(=O)Cc2c(C)noc2C)cc1. The number of urea groups is 1. The van der Waals surface area contributed by atoms with Gasteiger partial charge in [-0.2, -0.15) is 0 Å². The number of rotatable bonds is 6. The Kier molecular flexibility index (Phi) is 6.31. The van der Waals surface area contributed by atoms with Gasteiger partial charge in [-0.25, -0.2) is 4.79 Å². The highest BCUT2D eigenvalue weighted by atomic mass is 16.5. The molecule has 0 aliphatic carbocycles. The van der Waals surface area contributed by atoms with Gasteiger partial charge in [0.2, 0.25) is 0 Å².